The van der Waals surface area contributed by atoms with Gasteiger partial charge in [-0.1, -0.05) is 23.2 Å². The molecule has 5 nitrogen and oxygen atoms in total. The molecule has 0 saturated carbocycles. The van der Waals surface area contributed by atoms with Gasteiger partial charge < -0.3 is 5.11 Å². The average Bonchev–Trinajstić information content (AvgIpc) is 2.55. The fourth-order valence-electron chi connectivity index (χ4n) is 2.27. The van der Waals surface area contributed by atoms with Crippen molar-refractivity contribution in [2.45, 2.75) is 0 Å². The van der Waals surface area contributed by atoms with E-state index in [0.29, 0.717) is 16.3 Å². The molecule has 2 aromatic carbocycles. The molecule has 1 aliphatic rings. The minimum atomic E-state index is -0.621. The summed E-state index contributed by atoms with van der Waals surface area (Å²) in [5, 5.41) is 12.6. The Balaban J connectivity index is 2.03. The maximum atomic E-state index is 12.8. The van der Waals surface area contributed by atoms with Crippen LogP contribution in [0.3, 0.4) is 0 Å². The van der Waals surface area contributed by atoms with Gasteiger partial charge in [-0.2, -0.15) is 0 Å². The Morgan fingerprint density at radius 1 is 1.08 bits per heavy atom. The minimum Gasteiger partial charge on any atom is -0.508 e. The van der Waals surface area contributed by atoms with Crippen LogP contribution in [-0.2, 0) is 9.59 Å². The van der Waals surface area contributed by atoms with Crippen molar-refractivity contribution >= 4 is 64.1 Å². The van der Waals surface area contributed by atoms with Gasteiger partial charge in [0.05, 0.1) is 10.7 Å². The maximum Gasteiger partial charge on any atom is 0.270 e. The van der Waals surface area contributed by atoms with Crippen LogP contribution in [0.2, 0.25) is 10.0 Å². The number of aromatic hydroxyl groups is 1. The number of phenols is 1. The summed E-state index contributed by atoms with van der Waals surface area (Å²) in [6, 6.07) is 10.7. The van der Waals surface area contributed by atoms with Crippen LogP contribution in [0.15, 0.2) is 48.0 Å². The van der Waals surface area contributed by atoms with Gasteiger partial charge in [0.15, 0.2) is 5.11 Å². The molecule has 2 amide bonds. The smallest absolute Gasteiger partial charge is 0.270 e. The monoisotopic (exact) mass is 392 g/mol. The molecule has 8 heteroatoms. The molecule has 126 valence electrons. The first-order valence-corrected chi connectivity index (χ1v) is 8.19. The van der Waals surface area contributed by atoms with Gasteiger partial charge in [-0.25, -0.2) is 0 Å². The molecule has 0 radical (unpaired) electrons. The van der Waals surface area contributed by atoms with E-state index in [4.69, 9.17) is 35.4 Å². The number of hydrogen-bond acceptors (Lipinski definition) is 4. The number of thiocarbonyl (C=S) groups is 1. The van der Waals surface area contributed by atoms with Gasteiger partial charge in [-0.05, 0) is 66.3 Å². The highest BCUT2D eigenvalue weighted by Crippen LogP contribution is 2.27. The third-order valence-corrected chi connectivity index (χ3v) is 4.33. The van der Waals surface area contributed by atoms with E-state index < -0.39 is 11.8 Å². The SMILES string of the molecule is O=C1NC(=S)N(c2ccc(Cl)cc2)C(=O)C1=Cc1ccc(O)cc1Cl. The molecule has 3 rings (SSSR count). The number of anilines is 1. The fourth-order valence-corrected chi connectivity index (χ4v) is 2.91. The predicted octanol–water partition coefficient (Wildman–Crippen LogP) is 3.53. The quantitative estimate of drug-likeness (QED) is 0.465. The van der Waals surface area contributed by atoms with Crippen molar-refractivity contribution in [1.82, 2.24) is 5.32 Å². The summed E-state index contributed by atoms with van der Waals surface area (Å²) < 4.78 is 0. The minimum absolute atomic E-state index is 0.0180. The number of hydrogen-bond donors (Lipinski definition) is 2. The summed E-state index contributed by atoms with van der Waals surface area (Å²) in [4.78, 5) is 26.2. The maximum absolute atomic E-state index is 12.8. The summed E-state index contributed by atoms with van der Waals surface area (Å²) in [6.45, 7) is 0. The van der Waals surface area contributed by atoms with E-state index in [1.54, 1.807) is 24.3 Å². The molecule has 0 aliphatic carbocycles. The molecule has 0 unspecified atom stereocenters. The number of nitrogens with zero attached hydrogens (tertiary/aromatic N) is 1. The lowest BCUT2D eigenvalue weighted by molar-refractivity contribution is -0.122. The van der Waals surface area contributed by atoms with Crippen molar-refractivity contribution in [3.05, 3.63) is 63.6 Å². The van der Waals surface area contributed by atoms with Crippen molar-refractivity contribution in [1.29, 1.82) is 0 Å². The summed E-state index contributed by atoms with van der Waals surface area (Å²) in [6.07, 6.45) is 1.35. The number of nitrogens with one attached hydrogen (secondary N) is 1. The van der Waals surface area contributed by atoms with E-state index in [9.17, 15) is 14.7 Å². The van der Waals surface area contributed by atoms with Crippen LogP contribution < -0.4 is 10.2 Å². The number of carbonyl (C=O) groups is 2. The van der Waals surface area contributed by atoms with E-state index in [-0.39, 0.29) is 21.5 Å². The average molecular weight is 393 g/mol. The first-order valence-electron chi connectivity index (χ1n) is 7.02. The molecule has 0 aromatic heterocycles. The highest BCUT2D eigenvalue weighted by molar-refractivity contribution is 7.80. The molecule has 1 fully saturated rings. The number of benzene rings is 2. The summed E-state index contributed by atoms with van der Waals surface area (Å²) in [5.41, 5.74) is 0.764. The van der Waals surface area contributed by atoms with Crippen LogP contribution in [0.4, 0.5) is 5.69 Å². The second kappa shape index (κ2) is 6.84. The van der Waals surface area contributed by atoms with Gasteiger partial charge >= 0.3 is 0 Å². The number of phenolic OH excluding ortho intramolecular Hbond substituents is 1. The number of amides is 2. The Bertz CT molecular complexity index is 926. The zero-order valence-electron chi connectivity index (χ0n) is 12.5. The van der Waals surface area contributed by atoms with Crippen molar-refractivity contribution in [2.24, 2.45) is 0 Å². The lowest BCUT2D eigenvalue weighted by atomic mass is 10.1. The Morgan fingerprint density at radius 3 is 2.40 bits per heavy atom. The van der Waals surface area contributed by atoms with E-state index in [1.165, 1.54) is 29.2 Å². The highest BCUT2D eigenvalue weighted by atomic mass is 35.5. The molecular weight excluding hydrogens is 383 g/mol. The molecule has 2 N–H and O–H groups in total. The topological polar surface area (TPSA) is 69.6 Å². The van der Waals surface area contributed by atoms with Crippen molar-refractivity contribution in [2.75, 3.05) is 4.90 Å². The largest absolute Gasteiger partial charge is 0.508 e. The van der Waals surface area contributed by atoms with Gasteiger partial charge in [0.25, 0.3) is 11.8 Å². The number of halogens is 2. The van der Waals surface area contributed by atoms with Crippen LogP contribution in [-0.4, -0.2) is 22.0 Å². The third-order valence-electron chi connectivity index (χ3n) is 3.47. The number of rotatable bonds is 2. The van der Waals surface area contributed by atoms with Crippen LogP contribution >= 0.6 is 35.4 Å². The Hall–Kier alpha value is -2.41. The fraction of sp³-hybridized carbons (Fsp3) is 0. The zero-order chi connectivity index (χ0) is 18.1. The van der Waals surface area contributed by atoms with Crippen LogP contribution in [0.25, 0.3) is 6.08 Å². The third kappa shape index (κ3) is 3.51. The molecular formula is C17H10Cl2N2O3S. The van der Waals surface area contributed by atoms with Gasteiger partial charge in [-0.3, -0.25) is 19.8 Å². The lowest BCUT2D eigenvalue weighted by Crippen LogP contribution is -2.54. The zero-order valence-corrected chi connectivity index (χ0v) is 14.8. The Kier molecular flexibility index (Phi) is 4.76. The molecule has 1 heterocycles. The number of carbonyl (C=O) groups excluding carboxylic acids is 2. The first kappa shape index (κ1) is 17.4. The van der Waals surface area contributed by atoms with E-state index in [1.807, 2.05) is 0 Å². The molecule has 1 aliphatic heterocycles. The predicted molar refractivity (Wildman–Crippen MR) is 101 cm³/mol. The van der Waals surface area contributed by atoms with Gasteiger partial charge in [0.1, 0.15) is 11.3 Å². The van der Waals surface area contributed by atoms with Crippen molar-refractivity contribution in [3.8, 4) is 5.75 Å². The van der Waals surface area contributed by atoms with E-state index >= 15 is 0 Å². The van der Waals surface area contributed by atoms with Crippen LogP contribution in [0.1, 0.15) is 5.56 Å². The molecule has 2 aromatic rings. The highest BCUT2D eigenvalue weighted by Gasteiger charge is 2.34. The van der Waals surface area contributed by atoms with Crippen LogP contribution in [0.5, 0.6) is 5.75 Å². The van der Waals surface area contributed by atoms with Crippen molar-refractivity contribution < 1.29 is 14.7 Å². The normalized spacial score (nSPS) is 16.3. The second-order valence-corrected chi connectivity index (χ2v) is 6.37. The standard InChI is InChI=1S/C17H10Cl2N2O3S/c18-10-2-4-11(5-3-10)21-16(24)13(15(23)20-17(21)25)7-9-1-6-12(22)8-14(9)19/h1-8,22H,(H,20,23,25). The molecule has 25 heavy (non-hydrogen) atoms. The van der Waals surface area contributed by atoms with Gasteiger partial charge in [0, 0.05) is 5.02 Å². The second-order valence-electron chi connectivity index (χ2n) is 5.14. The summed E-state index contributed by atoms with van der Waals surface area (Å²) >= 11 is 17.0. The molecule has 0 atom stereocenters. The van der Waals surface area contributed by atoms with Gasteiger partial charge in [0.2, 0.25) is 0 Å². The molecule has 1 saturated heterocycles. The Morgan fingerprint density at radius 2 is 1.76 bits per heavy atom. The van der Waals surface area contributed by atoms with Crippen molar-refractivity contribution in [3.63, 3.8) is 0 Å². The Labute approximate surface area is 158 Å². The lowest BCUT2D eigenvalue weighted by Gasteiger charge is -2.29. The molecule has 0 bridgehead atoms. The van der Waals surface area contributed by atoms with Gasteiger partial charge in [-0.15, -0.1) is 0 Å². The summed E-state index contributed by atoms with van der Waals surface area (Å²) in [5.74, 6) is -1.22. The first-order chi connectivity index (χ1) is 11.9. The van der Waals surface area contributed by atoms with E-state index in [0.717, 1.165) is 0 Å². The van der Waals surface area contributed by atoms with Crippen LogP contribution in [0, 0.1) is 0 Å². The molecule has 0 spiro atoms. The van der Waals surface area contributed by atoms with E-state index in [2.05, 4.69) is 5.32 Å². The summed E-state index contributed by atoms with van der Waals surface area (Å²) in [7, 11) is 0.